The normalized spacial score (nSPS) is 8.85. The summed E-state index contributed by atoms with van der Waals surface area (Å²) in [5, 5.41) is 0. The molecule has 13 heavy (non-hydrogen) atoms. The van der Waals surface area contributed by atoms with Crippen LogP contribution in [0.3, 0.4) is 0 Å². The number of rotatable bonds is 4. The van der Waals surface area contributed by atoms with Gasteiger partial charge in [-0.05, 0) is 18.6 Å². The summed E-state index contributed by atoms with van der Waals surface area (Å²) >= 11 is 0. The summed E-state index contributed by atoms with van der Waals surface area (Å²) in [6, 6.07) is 7.10. The molecular weight excluding hydrogens is 162 g/mol. The third-order valence-electron chi connectivity index (χ3n) is 1.56. The zero-order valence-corrected chi connectivity index (χ0v) is 7.36. The van der Waals surface area contributed by atoms with Crippen LogP contribution in [0, 0.1) is 6.57 Å². The molecule has 0 amide bonds. The highest BCUT2D eigenvalue weighted by Crippen LogP contribution is 2.17. The van der Waals surface area contributed by atoms with Crippen LogP contribution in [0.2, 0.25) is 0 Å². The quantitative estimate of drug-likeness (QED) is 0.387. The van der Waals surface area contributed by atoms with Gasteiger partial charge in [0, 0.05) is 0 Å². The second-order valence-electron chi connectivity index (χ2n) is 2.53. The predicted octanol–water partition coefficient (Wildman–Crippen LogP) is 3.19. The molecule has 0 heterocycles. The zero-order valence-electron chi connectivity index (χ0n) is 7.36. The standard InChI is InChI=1S/C11H11NO/c1-3-4-9-13-11-7-5-10(12-2)6-8-11/h3,5-8H,1,4,9H2. The number of hydrogen-bond donors (Lipinski definition) is 0. The maximum Gasteiger partial charge on any atom is 0.187 e. The van der Waals surface area contributed by atoms with E-state index in [9.17, 15) is 0 Å². The first-order chi connectivity index (χ1) is 6.36. The summed E-state index contributed by atoms with van der Waals surface area (Å²) in [7, 11) is 0. The minimum atomic E-state index is 0.635. The number of benzene rings is 1. The maximum atomic E-state index is 6.75. The van der Waals surface area contributed by atoms with Crippen LogP contribution in [0.15, 0.2) is 36.9 Å². The fourth-order valence-electron chi connectivity index (χ4n) is 0.877. The zero-order chi connectivity index (χ0) is 9.52. The molecule has 1 aromatic rings. The summed E-state index contributed by atoms with van der Waals surface area (Å²) < 4.78 is 5.37. The molecule has 0 unspecified atom stereocenters. The Balaban J connectivity index is 2.50. The van der Waals surface area contributed by atoms with Gasteiger partial charge in [-0.25, -0.2) is 4.85 Å². The molecule has 1 rings (SSSR count). The van der Waals surface area contributed by atoms with Crippen LogP contribution in [0.5, 0.6) is 5.75 Å². The van der Waals surface area contributed by atoms with Crippen LogP contribution in [0.25, 0.3) is 4.85 Å². The smallest absolute Gasteiger partial charge is 0.187 e. The van der Waals surface area contributed by atoms with E-state index in [-0.39, 0.29) is 0 Å². The Kier molecular flexibility index (Phi) is 3.59. The van der Waals surface area contributed by atoms with Gasteiger partial charge in [-0.1, -0.05) is 18.2 Å². The molecule has 0 aliphatic rings. The van der Waals surface area contributed by atoms with E-state index in [4.69, 9.17) is 11.3 Å². The summed E-state index contributed by atoms with van der Waals surface area (Å²) in [4.78, 5) is 3.29. The highest BCUT2D eigenvalue weighted by atomic mass is 16.5. The van der Waals surface area contributed by atoms with Gasteiger partial charge in [-0.15, -0.1) is 6.58 Å². The Bertz CT molecular complexity index is 308. The van der Waals surface area contributed by atoms with Crippen LogP contribution in [0.4, 0.5) is 5.69 Å². The molecule has 0 aliphatic carbocycles. The minimum Gasteiger partial charge on any atom is -0.493 e. The van der Waals surface area contributed by atoms with Crippen molar-refractivity contribution in [3.05, 3.63) is 48.3 Å². The second-order valence-corrected chi connectivity index (χ2v) is 2.53. The van der Waals surface area contributed by atoms with Gasteiger partial charge in [0.1, 0.15) is 5.75 Å². The van der Waals surface area contributed by atoms with Crippen molar-refractivity contribution >= 4 is 5.69 Å². The topological polar surface area (TPSA) is 13.6 Å². The van der Waals surface area contributed by atoms with Crippen LogP contribution >= 0.6 is 0 Å². The summed E-state index contributed by atoms with van der Waals surface area (Å²) in [5.74, 6) is 0.800. The van der Waals surface area contributed by atoms with E-state index < -0.39 is 0 Å². The van der Waals surface area contributed by atoms with Crippen molar-refractivity contribution in [3.63, 3.8) is 0 Å². The third-order valence-corrected chi connectivity index (χ3v) is 1.56. The lowest BCUT2D eigenvalue weighted by atomic mass is 10.3. The molecule has 2 heteroatoms. The van der Waals surface area contributed by atoms with Crippen molar-refractivity contribution in [3.8, 4) is 5.75 Å². The van der Waals surface area contributed by atoms with Gasteiger partial charge in [0.2, 0.25) is 0 Å². The van der Waals surface area contributed by atoms with Gasteiger partial charge in [0.25, 0.3) is 0 Å². The summed E-state index contributed by atoms with van der Waals surface area (Å²) in [6.07, 6.45) is 2.65. The van der Waals surface area contributed by atoms with E-state index in [0.717, 1.165) is 12.2 Å². The van der Waals surface area contributed by atoms with E-state index in [1.165, 1.54) is 0 Å². The molecule has 0 saturated carbocycles. The van der Waals surface area contributed by atoms with Gasteiger partial charge >= 0.3 is 0 Å². The first-order valence-electron chi connectivity index (χ1n) is 4.08. The molecule has 66 valence electrons. The third kappa shape index (κ3) is 3.00. The Hall–Kier alpha value is -1.75. The molecule has 2 nitrogen and oxygen atoms in total. The average molecular weight is 173 g/mol. The Morgan fingerprint density at radius 2 is 2.08 bits per heavy atom. The average Bonchev–Trinajstić information content (AvgIpc) is 2.19. The number of hydrogen-bond acceptors (Lipinski definition) is 1. The lowest BCUT2D eigenvalue weighted by Gasteiger charge is -2.03. The van der Waals surface area contributed by atoms with Crippen molar-refractivity contribution in [2.24, 2.45) is 0 Å². The molecule has 0 bridgehead atoms. The predicted molar refractivity (Wildman–Crippen MR) is 53.0 cm³/mol. The Morgan fingerprint density at radius 3 is 2.62 bits per heavy atom. The molecule has 0 fully saturated rings. The van der Waals surface area contributed by atoms with Crippen molar-refractivity contribution in [1.29, 1.82) is 0 Å². The summed E-state index contributed by atoms with van der Waals surface area (Å²) in [5.41, 5.74) is 0.635. The van der Waals surface area contributed by atoms with E-state index in [0.29, 0.717) is 12.3 Å². The summed E-state index contributed by atoms with van der Waals surface area (Å²) in [6.45, 7) is 11.0. The van der Waals surface area contributed by atoms with Crippen LogP contribution in [0.1, 0.15) is 6.42 Å². The minimum absolute atomic E-state index is 0.635. The van der Waals surface area contributed by atoms with Crippen LogP contribution in [-0.2, 0) is 0 Å². The molecule has 0 aromatic heterocycles. The van der Waals surface area contributed by atoms with Crippen molar-refractivity contribution in [2.45, 2.75) is 6.42 Å². The Labute approximate surface area is 78.3 Å². The maximum absolute atomic E-state index is 6.75. The number of nitrogens with zero attached hydrogens (tertiary/aromatic N) is 1. The van der Waals surface area contributed by atoms with Gasteiger partial charge < -0.3 is 4.74 Å². The molecule has 0 atom stereocenters. The number of ether oxygens (including phenoxy) is 1. The van der Waals surface area contributed by atoms with E-state index in [1.54, 1.807) is 24.3 Å². The molecule has 1 aromatic carbocycles. The van der Waals surface area contributed by atoms with Crippen LogP contribution < -0.4 is 4.74 Å². The lowest BCUT2D eigenvalue weighted by Crippen LogP contribution is -1.94. The van der Waals surface area contributed by atoms with Gasteiger partial charge in [0.05, 0.1) is 13.2 Å². The second kappa shape index (κ2) is 5.00. The van der Waals surface area contributed by atoms with Crippen molar-refractivity contribution < 1.29 is 4.74 Å². The van der Waals surface area contributed by atoms with Gasteiger partial charge in [0.15, 0.2) is 5.69 Å². The molecule has 0 radical (unpaired) electrons. The van der Waals surface area contributed by atoms with Crippen LogP contribution in [-0.4, -0.2) is 6.61 Å². The fourth-order valence-corrected chi connectivity index (χ4v) is 0.877. The highest BCUT2D eigenvalue weighted by molar-refractivity contribution is 5.46. The molecule has 0 spiro atoms. The first-order valence-corrected chi connectivity index (χ1v) is 4.08. The molecule has 0 saturated heterocycles. The SMILES string of the molecule is [C-]#[N+]c1ccc(OCCC=C)cc1. The molecular formula is C11H11NO. The lowest BCUT2D eigenvalue weighted by molar-refractivity contribution is 0.325. The van der Waals surface area contributed by atoms with E-state index >= 15 is 0 Å². The van der Waals surface area contributed by atoms with Crippen molar-refractivity contribution in [2.75, 3.05) is 6.61 Å². The van der Waals surface area contributed by atoms with E-state index in [1.807, 2.05) is 6.08 Å². The van der Waals surface area contributed by atoms with Gasteiger partial charge in [-0.2, -0.15) is 0 Å². The van der Waals surface area contributed by atoms with Crippen molar-refractivity contribution in [1.82, 2.24) is 0 Å². The highest BCUT2D eigenvalue weighted by Gasteiger charge is 1.92. The largest absolute Gasteiger partial charge is 0.493 e. The molecule has 0 N–H and O–H groups in total. The monoisotopic (exact) mass is 173 g/mol. The molecule has 0 aliphatic heterocycles. The van der Waals surface area contributed by atoms with Gasteiger partial charge in [-0.3, -0.25) is 0 Å². The first kappa shape index (κ1) is 9.34. The Morgan fingerprint density at radius 1 is 1.38 bits per heavy atom. The fraction of sp³-hybridized carbons (Fsp3) is 0.182. The van der Waals surface area contributed by atoms with E-state index in [2.05, 4.69) is 11.4 Å².